The van der Waals surface area contributed by atoms with Crippen molar-refractivity contribution >= 4 is 5.69 Å². The van der Waals surface area contributed by atoms with Gasteiger partial charge in [-0.3, -0.25) is 0 Å². The van der Waals surface area contributed by atoms with Gasteiger partial charge in [0.05, 0.1) is 5.69 Å². The first-order valence-electron chi connectivity index (χ1n) is 9.90. The minimum absolute atomic E-state index is 0.510. The Morgan fingerprint density at radius 3 is 2.26 bits per heavy atom. The summed E-state index contributed by atoms with van der Waals surface area (Å²) < 4.78 is 2.09. The number of hydrogen-bond donors (Lipinski definition) is 0. The third-order valence-corrected chi connectivity index (χ3v) is 4.99. The van der Waals surface area contributed by atoms with E-state index in [0.717, 1.165) is 31.0 Å². The molecule has 1 aliphatic heterocycles. The first kappa shape index (κ1) is 17.8. The van der Waals surface area contributed by atoms with Crippen LogP contribution in [-0.2, 0) is 13.1 Å². The van der Waals surface area contributed by atoms with Gasteiger partial charge in [0.2, 0.25) is 0 Å². The summed E-state index contributed by atoms with van der Waals surface area (Å²) in [6.45, 7) is 11.8. The van der Waals surface area contributed by atoms with Crippen LogP contribution in [0.25, 0.3) is 22.5 Å². The standard InChI is InChI=1S/C23H28N4/c1-16(2)13-26-15-18-9-5-6-10-19(18)22-23(20-11-7-8-12-21(20)26)27(25-24-22)14-17(3)4/h5-12,16-17H,13-15H2,1-4H3. The summed E-state index contributed by atoms with van der Waals surface area (Å²) >= 11 is 0. The lowest BCUT2D eigenvalue weighted by Crippen LogP contribution is -2.28. The van der Waals surface area contributed by atoms with Crippen LogP contribution in [0.15, 0.2) is 48.5 Å². The van der Waals surface area contributed by atoms with E-state index in [1.807, 2.05) is 0 Å². The van der Waals surface area contributed by atoms with Gasteiger partial charge in [-0.2, -0.15) is 0 Å². The van der Waals surface area contributed by atoms with Crippen LogP contribution in [0.3, 0.4) is 0 Å². The predicted octanol–water partition coefficient (Wildman–Crippen LogP) is 5.24. The molecule has 0 fully saturated rings. The summed E-state index contributed by atoms with van der Waals surface area (Å²) in [5.41, 5.74) is 7.15. The van der Waals surface area contributed by atoms with E-state index in [9.17, 15) is 0 Å². The van der Waals surface area contributed by atoms with E-state index in [0.29, 0.717) is 11.8 Å². The van der Waals surface area contributed by atoms with Crippen LogP contribution in [0.1, 0.15) is 33.3 Å². The maximum absolute atomic E-state index is 4.63. The van der Waals surface area contributed by atoms with Gasteiger partial charge in [0.25, 0.3) is 0 Å². The van der Waals surface area contributed by atoms with Gasteiger partial charge in [0, 0.05) is 36.4 Å². The Morgan fingerprint density at radius 2 is 1.52 bits per heavy atom. The van der Waals surface area contributed by atoms with Crippen molar-refractivity contribution in [3.63, 3.8) is 0 Å². The summed E-state index contributed by atoms with van der Waals surface area (Å²) in [5.74, 6) is 1.10. The lowest BCUT2D eigenvalue weighted by molar-refractivity contribution is 0.475. The molecular formula is C23H28N4. The number of hydrogen-bond acceptors (Lipinski definition) is 3. The van der Waals surface area contributed by atoms with E-state index < -0.39 is 0 Å². The number of anilines is 1. The van der Waals surface area contributed by atoms with Crippen molar-refractivity contribution in [2.24, 2.45) is 11.8 Å². The van der Waals surface area contributed by atoms with Crippen molar-refractivity contribution < 1.29 is 0 Å². The fraction of sp³-hybridized carbons (Fsp3) is 0.391. The average Bonchev–Trinajstić information content (AvgIpc) is 3.02. The van der Waals surface area contributed by atoms with Crippen molar-refractivity contribution in [2.45, 2.75) is 40.8 Å². The molecule has 1 aliphatic rings. The molecule has 0 radical (unpaired) electrons. The highest BCUT2D eigenvalue weighted by molar-refractivity contribution is 5.88. The monoisotopic (exact) mass is 360 g/mol. The largest absolute Gasteiger partial charge is 0.366 e. The Balaban J connectivity index is 1.99. The zero-order valence-electron chi connectivity index (χ0n) is 16.7. The minimum atomic E-state index is 0.510. The van der Waals surface area contributed by atoms with Crippen LogP contribution in [0.5, 0.6) is 0 Å². The summed E-state index contributed by atoms with van der Waals surface area (Å²) in [4.78, 5) is 2.51. The fourth-order valence-corrected chi connectivity index (χ4v) is 3.97. The van der Waals surface area contributed by atoms with Crippen LogP contribution in [-0.4, -0.2) is 21.5 Å². The third-order valence-electron chi connectivity index (χ3n) is 4.99. The second-order valence-electron chi connectivity index (χ2n) is 8.31. The highest BCUT2D eigenvalue weighted by Gasteiger charge is 2.26. The van der Waals surface area contributed by atoms with E-state index in [1.165, 1.54) is 22.4 Å². The molecule has 2 aromatic carbocycles. The second-order valence-corrected chi connectivity index (χ2v) is 8.31. The second kappa shape index (κ2) is 7.18. The molecule has 0 amide bonds. The van der Waals surface area contributed by atoms with Crippen LogP contribution < -0.4 is 4.90 Å². The molecule has 0 bridgehead atoms. The zero-order valence-corrected chi connectivity index (χ0v) is 16.7. The maximum Gasteiger partial charge on any atom is 0.121 e. The van der Waals surface area contributed by atoms with E-state index in [2.05, 4.69) is 96.1 Å². The Bertz CT molecular complexity index is 939. The van der Waals surface area contributed by atoms with Crippen molar-refractivity contribution in [3.8, 4) is 22.5 Å². The molecule has 0 unspecified atom stereocenters. The number of aromatic nitrogens is 3. The Labute approximate surface area is 161 Å². The lowest BCUT2D eigenvalue weighted by atomic mass is 9.95. The van der Waals surface area contributed by atoms with Gasteiger partial charge >= 0.3 is 0 Å². The molecular weight excluding hydrogens is 332 g/mol. The molecule has 4 heteroatoms. The number of benzene rings is 2. The minimum Gasteiger partial charge on any atom is -0.366 e. The van der Waals surface area contributed by atoms with Crippen molar-refractivity contribution in [3.05, 3.63) is 54.1 Å². The van der Waals surface area contributed by atoms with Gasteiger partial charge in [-0.1, -0.05) is 75.4 Å². The zero-order chi connectivity index (χ0) is 19.0. The molecule has 140 valence electrons. The molecule has 0 spiro atoms. The molecule has 4 rings (SSSR count). The highest BCUT2D eigenvalue weighted by atomic mass is 15.4. The molecule has 0 atom stereocenters. The molecule has 0 N–H and O–H groups in total. The first-order valence-corrected chi connectivity index (χ1v) is 9.90. The molecule has 0 saturated heterocycles. The van der Waals surface area contributed by atoms with Gasteiger partial charge in [-0.15, -0.1) is 5.10 Å². The number of rotatable bonds is 4. The summed E-state index contributed by atoms with van der Waals surface area (Å²) in [7, 11) is 0. The van der Waals surface area contributed by atoms with Gasteiger partial charge in [-0.05, 0) is 23.5 Å². The smallest absolute Gasteiger partial charge is 0.121 e. The molecule has 0 saturated carbocycles. The van der Waals surface area contributed by atoms with E-state index >= 15 is 0 Å². The molecule has 1 aromatic heterocycles. The molecule has 4 nitrogen and oxygen atoms in total. The topological polar surface area (TPSA) is 34.0 Å². The summed E-state index contributed by atoms with van der Waals surface area (Å²) in [5, 5.41) is 9.19. The number of fused-ring (bicyclic) bond motifs is 5. The highest BCUT2D eigenvalue weighted by Crippen LogP contribution is 2.41. The predicted molar refractivity (Wildman–Crippen MR) is 112 cm³/mol. The Kier molecular flexibility index (Phi) is 4.73. The number of nitrogens with zero attached hydrogens (tertiary/aromatic N) is 4. The normalized spacial score (nSPS) is 13.2. The first-order chi connectivity index (χ1) is 13.0. The maximum atomic E-state index is 4.63. The van der Waals surface area contributed by atoms with Crippen LogP contribution in [0, 0.1) is 11.8 Å². The third kappa shape index (κ3) is 3.36. The SMILES string of the molecule is CC(C)CN1Cc2ccccc2-c2nnn(CC(C)C)c2-c2ccccc21. The molecule has 3 aromatic rings. The lowest BCUT2D eigenvalue weighted by Gasteiger charge is -2.31. The Morgan fingerprint density at radius 1 is 0.852 bits per heavy atom. The quantitative estimate of drug-likeness (QED) is 0.638. The van der Waals surface area contributed by atoms with E-state index in [1.54, 1.807) is 0 Å². The van der Waals surface area contributed by atoms with E-state index in [4.69, 9.17) is 0 Å². The molecule has 0 aliphatic carbocycles. The van der Waals surface area contributed by atoms with E-state index in [-0.39, 0.29) is 0 Å². The summed E-state index contributed by atoms with van der Waals surface area (Å²) in [6, 6.07) is 17.3. The van der Waals surface area contributed by atoms with Crippen LogP contribution >= 0.6 is 0 Å². The van der Waals surface area contributed by atoms with Gasteiger partial charge in [0.1, 0.15) is 5.69 Å². The van der Waals surface area contributed by atoms with Gasteiger partial charge in [0.15, 0.2) is 0 Å². The summed E-state index contributed by atoms with van der Waals surface area (Å²) in [6.07, 6.45) is 0. The van der Waals surface area contributed by atoms with Crippen LogP contribution in [0.2, 0.25) is 0 Å². The van der Waals surface area contributed by atoms with Crippen molar-refractivity contribution in [1.82, 2.24) is 15.0 Å². The van der Waals surface area contributed by atoms with Gasteiger partial charge in [-0.25, -0.2) is 4.68 Å². The van der Waals surface area contributed by atoms with Crippen molar-refractivity contribution in [2.75, 3.05) is 11.4 Å². The Hall–Kier alpha value is -2.62. The van der Waals surface area contributed by atoms with Crippen molar-refractivity contribution in [1.29, 1.82) is 0 Å². The van der Waals surface area contributed by atoms with Gasteiger partial charge < -0.3 is 4.90 Å². The fourth-order valence-electron chi connectivity index (χ4n) is 3.97. The van der Waals surface area contributed by atoms with Crippen LogP contribution in [0.4, 0.5) is 5.69 Å². The molecule has 27 heavy (non-hydrogen) atoms. The number of para-hydroxylation sites is 1. The molecule has 2 heterocycles. The average molecular weight is 361 g/mol.